The Hall–Kier alpha value is -1.37. The molecule has 1 atom stereocenters. The van der Waals surface area contributed by atoms with Gasteiger partial charge in [0.05, 0.1) is 0 Å². The van der Waals surface area contributed by atoms with Gasteiger partial charge < -0.3 is 10.9 Å². The fraction of sp³-hybridized carbons (Fsp3) is 0.462. The van der Waals surface area contributed by atoms with Crippen LogP contribution in [-0.2, 0) is 5.75 Å². The second-order valence-corrected chi connectivity index (χ2v) is 5.66. The van der Waals surface area contributed by atoms with Crippen molar-refractivity contribution in [2.24, 2.45) is 16.8 Å². The molecule has 0 radical (unpaired) electrons. The molecule has 3 N–H and O–H groups in total. The summed E-state index contributed by atoms with van der Waals surface area (Å²) >= 11 is 1.11. The van der Waals surface area contributed by atoms with Crippen molar-refractivity contribution in [1.29, 1.82) is 0 Å². The van der Waals surface area contributed by atoms with Gasteiger partial charge in [-0.25, -0.2) is 0 Å². The topological polar surface area (TPSA) is 58.6 Å². The van der Waals surface area contributed by atoms with Crippen molar-refractivity contribution in [3.8, 4) is 0 Å². The largest absolute Gasteiger partial charge is 0.409 e. The summed E-state index contributed by atoms with van der Waals surface area (Å²) in [5.41, 5.74) is 8.21. The van der Waals surface area contributed by atoms with Gasteiger partial charge in [-0.05, 0) is 19.4 Å². The number of thioether (sulfide) groups is 1. The summed E-state index contributed by atoms with van der Waals surface area (Å²) < 4.78 is 38.2. The Morgan fingerprint density at radius 2 is 1.85 bits per heavy atom. The molecule has 1 unspecified atom stereocenters. The number of alkyl halides is 3. The van der Waals surface area contributed by atoms with Gasteiger partial charge in [0.2, 0.25) is 0 Å². The van der Waals surface area contributed by atoms with Gasteiger partial charge in [0.1, 0.15) is 5.92 Å². The number of aryl methyl sites for hydroxylation is 2. The highest BCUT2D eigenvalue weighted by Crippen LogP contribution is 2.30. The van der Waals surface area contributed by atoms with E-state index in [4.69, 9.17) is 10.9 Å². The summed E-state index contributed by atoms with van der Waals surface area (Å²) in [6, 6.07) is 5.88. The Morgan fingerprint density at radius 1 is 1.30 bits per heavy atom. The lowest BCUT2D eigenvalue weighted by Gasteiger charge is -2.18. The van der Waals surface area contributed by atoms with Gasteiger partial charge in [0, 0.05) is 11.5 Å². The first-order valence-electron chi connectivity index (χ1n) is 5.93. The van der Waals surface area contributed by atoms with Gasteiger partial charge in [0.15, 0.2) is 5.84 Å². The van der Waals surface area contributed by atoms with Crippen LogP contribution in [0.4, 0.5) is 13.2 Å². The van der Waals surface area contributed by atoms with Crippen molar-refractivity contribution in [2.45, 2.75) is 25.8 Å². The molecule has 0 fully saturated rings. The second kappa shape index (κ2) is 6.88. The Balaban J connectivity index is 2.65. The van der Waals surface area contributed by atoms with Crippen LogP contribution in [0.2, 0.25) is 0 Å². The first kappa shape index (κ1) is 16.7. The van der Waals surface area contributed by atoms with Crippen molar-refractivity contribution >= 4 is 17.6 Å². The summed E-state index contributed by atoms with van der Waals surface area (Å²) in [5, 5.41) is 10.9. The van der Waals surface area contributed by atoms with Crippen LogP contribution in [0, 0.1) is 19.8 Å². The van der Waals surface area contributed by atoms with Crippen LogP contribution >= 0.6 is 11.8 Å². The van der Waals surface area contributed by atoms with Crippen LogP contribution in [0.15, 0.2) is 23.4 Å². The van der Waals surface area contributed by atoms with Crippen LogP contribution < -0.4 is 5.73 Å². The van der Waals surface area contributed by atoms with E-state index in [-0.39, 0.29) is 5.75 Å². The van der Waals surface area contributed by atoms with E-state index in [9.17, 15) is 13.2 Å². The first-order valence-corrected chi connectivity index (χ1v) is 7.08. The van der Waals surface area contributed by atoms with Crippen LogP contribution in [-0.4, -0.2) is 23.0 Å². The Bertz CT molecular complexity index is 469. The molecule has 0 aliphatic heterocycles. The van der Waals surface area contributed by atoms with Gasteiger partial charge in [-0.1, -0.05) is 34.5 Å². The highest BCUT2D eigenvalue weighted by atomic mass is 32.2. The van der Waals surface area contributed by atoms with E-state index in [1.54, 1.807) is 0 Å². The van der Waals surface area contributed by atoms with Crippen molar-refractivity contribution < 1.29 is 18.4 Å². The number of hydrogen-bond donors (Lipinski definition) is 2. The van der Waals surface area contributed by atoms with Gasteiger partial charge >= 0.3 is 6.18 Å². The molecule has 0 aromatic heterocycles. The fourth-order valence-corrected chi connectivity index (χ4v) is 2.98. The average Bonchev–Trinajstić information content (AvgIpc) is 2.31. The number of halogens is 3. The summed E-state index contributed by atoms with van der Waals surface area (Å²) in [6.07, 6.45) is -4.51. The molecule has 0 aliphatic carbocycles. The molecular weight excluding hydrogens is 289 g/mol. The quantitative estimate of drug-likeness (QED) is 0.379. The number of oxime groups is 1. The van der Waals surface area contributed by atoms with Crippen LogP contribution in [0.25, 0.3) is 0 Å². The zero-order valence-electron chi connectivity index (χ0n) is 11.2. The monoisotopic (exact) mass is 306 g/mol. The average molecular weight is 306 g/mol. The van der Waals surface area contributed by atoms with E-state index in [1.165, 1.54) is 0 Å². The SMILES string of the molecule is Cc1cc(C)cc(CSCC(/C(N)=N/O)C(F)(F)F)c1. The molecule has 0 aliphatic rings. The second-order valence-electron chi connectivity index (χ2n) is 4.63. The minimum atomic E-state index is -4.51. The number of nitrogens with two attached hydrogens (primary N) is 1. The molecular formula is C13H17F3N2OS. The summed E-state index contributed by atoms with van der Waals surface area (Å²) in [6.45, 7) is 3.88. The maximum atomic E-state index is 12.7. The lowest BCUT2D eigenvalue weighted by Crippen LogP contribution is -2.37. The number of benzene rings is 1. The normalized spacial score (nSPS) is 14.3. The van der Waals surface area contributed by atoms with Gasteiger partial charge in [-0.15, -0.1) is 0 Å². The number of rotatable bonds is 5. The third-order valence-electron chi connectivity index (χ3n) is 2.70. The van der Waals surface area contributed by atoms with Crippen molar-refractivity contribution in [2.75, 3.05) is 5.75 Å². The van der Waals surface area contributed by atoms with Crippen LogP contribution in [0.1, 0.15) is 16.7 Å². The third-order valence-corrected chi connectivity index (χ3v) is 3.81. The third kappa shape index (κ3) is 4.96. The van der Waals surface area contributed by atoms with Crippen molar-refractivity contribution in [1.82, 2.24) is 0 Å². The molecule has 0 saturated carbocycles. The summed E-state index contributed by atoms with van der Waals surface area (Å²) in [4.78, 5) is 0. The van der Waals surface area contributed by atoms with E-state index in [0.717, 1.165) is 28.5 Å². The highest BCUT2D eigenvalue weighted by Gasteiger charge is 2.42. The van der Waals surface area contributed by atoms with Gasteiger partial charge in [-0.2, -0.15) is 24.9 Å². The Labute approximate surface area is 120 Å². The molecule has 0 bridgehead atoms. The first-order chi connectivity index (χ1) is 9.24. The predicted molar refractivity (Wildman–Crippen MR) is 75.0 cm³/mol. The van der Waals surface area contributed by atoms with E-state index >= 15 is 0 Å². The lowest BCUT2D eigenvalue weighted by molar-refractivity contribution is -0.150. The molecule has 1 aromatic rings. The van der Waals surface area contributed by atoms with Gasteiger partial charge in [0.25, 0.3) is 0 Å². The zero-order chi connectivity index (χ0) is 15.3. The van der Waals surface area contributed by atoms with Crippen molar-refractivity contribution in [3.05, 3.63) is 34.9 Å². The minimum absolute atomic E-state index is 0.271. The van der Waals surface area contributed by atoms with Crippen LogP contribution in [0.3, 0.4) is 0 Å². The van der Waals surface area contributed by atoms with E-state index < -0.39 is 17.9 Å². The molecule has 0 heterocycles. The highest BCUT2D eigenvalue weighted by molar-refractivity contribution is 7.98. The molecule has 112 valence electrons. The molecule has 1 rings (SSSR count). The minimum Gasteiger partial charge on any atom is -0.409 e. The van der Waals surface area contributed by atoms with E-state index in [0.29, 0.717) is 5.75 Å². The lowest BCUT2D eigenvalue weighted by atomic mass is 10.1. The molecule has 0 amide bonds. The zero-order valence-corrected chi connectivity index (χ0v) is 12.1. The predicted octanol–water partition coefficient (Wildman–Crippen LogP) is 3.46. The molecule has 0 spiro atoms. The van der Waals surface area contributed by atoms with Crippen LogP contribution in [0.5, 0.6) is 0 Å². The molecule has 20 heavy (non-hydrogen) atoms. The fourth-order valence-electron chi connectivity index (χ4n) is 1.86. The number of hydrogen-bond acceptors (Lipinski definition) is 3. The van der Waals surface area contributed by atoms with Gasteiger partial charge in [-0.3, -0.25) is 0 Å². The Kier molecular flexibility index (Phi) is 5.74. The molecule has 7 heteroatoms. The standard InChI is InChI=1S/C13H17F3N2OS/c1-8-3-9(2)5-10(4-8)6-20-7-11(12(17)18-19)13(14,15)16/h3-5,11,19H,6-7H2,1-2H3,(H2,17,18). The molecule has 3 nitrogen and oxygen atoms in total. The van der Waals surface area contributed by atoms with E-state index in [2.05, 4.69) is 5.16 Å². The van der Waals surface area contributed by atoms with E-state index in [1.807, 2.05) is 32.0 Å². The maximum absolute atomic E-state index is 12.7. The summed E-state index contributed by atoms with van der Waals surface area (Å²) in [7, 11) is 0. The Morgan fingerprint density at radius 3 is 2.30 bits per heavy atom. The smallest absolute Gasteiger partial charge is 0.399 e. The molecule has 0 saturated heterocycles. The molecule has 1 aromatic carbocycles. The number of nitrogens with zero attached hydrogens (tertiary/aromatic N) is 1. The maximum Gasteiger partial charge on any atom is 0.399 e. The number of amidine groups is 1. The van der Waals surface area contributed by atoms with Crippen molar-refractivity contribution in [3.63, 3.8) is 0 Å². The summed E-state index contributed by atoms with van der Waals surface area (Å²) in [5.74, 6) is -2.55.